The lowest BCUT2D eigenvalue weighted by Crippen LogP contribution is -2.28. The molecule has 0 atom stereocenters. The van der Waals surface area contributed by atoms with Gasteiger partial charge < -0.3 is 5.32 Å². The Morgan fingerprint density at radius 1 is 1.18 bits per heavy atom. The number of hydrogen-bond donors (Lipinski definition) is 1. The highest BCUT2D eigenvalue weighted by atomic mass is 32.2. The van der Waals surface area contributed by atoms with Crippen molar-refractivity contribution in [3.8, 4) is 0 Å². The first kappa shape index (κ1) is 14.2. The summed E-state index contributed by atoms with van der Waals surface area (Å²) >= 11 is 0. The minimum Gasteiger partial charge on any atom is -0.314 e. The third-order valence-corrected chi connectivity index (χ3v) is 4.47. The maximum absolute atomic E-state index is 12.0. The smallest absolute Gasteiger partial charge is 0.179 e. The highest BCUT2D eigenvalue weighted by Crippen LogP contribution is 2.15. The standard InChI is InChI=1S/C13H21NO2S/c1-10(2)14-7-8-17(15,16)13-6-5-11(3)12(4)9-13/h5-6,9-10,14H,7-8H2,1-4H3. The molecular formula is C13H21NO2S. The Kier molecular flexibility index (Phi) is 4.71. The molecule has 3 nitrogen and oxygen atoms in total. The summed E-state index contributed by atoms with van der Waals surface area (Å²) in [5.74, 6) is 0.147. The van der Waals surface area contributed by atoms with E-state index in [0.29, 0.717) is 17.5 Å². The van der Waals surface area contributed by atoms with Crippen molar-refractivity contribution in [1.82, 2.24) is 5.32 Å². The van der Waals surface area contributed by atoms with Gasteiger partial charge in [-0.1, -0.05) is 19.9 Å². The second-order valence-electron chi connectivity index (χ2n) is 4.67. The molecule has 0 spiro atoms. The molecule has 17 heavy (non-hydrogen) atoms. The van der Waals surface area contributed by atoms with Gasteiger partial charge in [-0.3, -0.25) is 0 Å². The van der Waals surface area contributed by atoms with Crippen molar-refractivity contribution in [2.24, 2.45) is 0 Å². The number of nitrogens with one attached hydrogen (secondary N) is 1. The lowest BCUT2D eigenvalue weighted by Gasteiger charge is -2.09. The molecule has 0 bridgehead atoms. The Labute approximate surface area is 104 Å². The third kappa shape index (κ3) is 4.13. The highest BCUT2D eigenvalue weighted by molar-refractivity contribution is 7.91. The van der Waals surface area contributed by atoms with E-state index in [4.69, 9.17) is 0 Å². The molecule has 0 aromatic heterocycles. The molecule has 0 amide bonds. The molecule has 96 valence electrons. The monoisotopic (exact) mass is 255 g/mol. The Morgan fingerprint density at radius 3 is 2.35 bits per heavy atom. The van der Waals surface area contributed by atoms with Gasteiger partial charge in [0, 0.05) is 12.6 Å². The first-order valence-electron chi connectivity index (χ1n) is 5.86. The first-order chi connectivity index (χ1) is 7.83. The maximum Gasteiger partial charge on any atom is 0.179 e. The predicted molar refractivity (Wildman–Crippen MR) is 71.1 cm³/mol. The van der Waals surface area contributed by atoms with Gasteiger partial charge in [0.15, 0.2) is 9.84 Å². The van der Waals surface area contributed by atoms with Crippen molar-refractivity contribution in [3.63, 3.8) is 0 Å². The van der Waals surface area contributed by atoms with Gasteiger partial charge in [-0.15, -0.1) is 0 Å². The van der Waals surface area contributed by atoms with Crippen LogP contribution < -0.4 is 5.32 Å². The summed E-state index contributed by atoms with van der Waals surface area (Å²) in [6.45, 7) is 8.41. The Morgan fingerprint density at radius 2 is 1.82 bits per heavy atom. The van der Waals surface area contributed by atoms with Crippen LogP contribution in [0, 0.1) is 13.8 Å². The lowest BCUT2D eigenvalue weighted by molar-refractivity contribution is 0.578. The van der Waals surface area contributed by atoms with Crippen LogP contribution in [0.25, 0.3) is 0 Å². The lowest BCUT2D eigenvalue weighted by atomic mass is 10.1. The summed E-state index contributed by atoms with van der Waals surface area (Å²) < 4.78 is 24.1. The topological polar surface area (TPSA) is 46.2 Å². The normalized spacial score (nSPS) is 12.1. The number of sulfone groups is 1. The summed E-state index contributed by atoms with van der Waals surface area (Å²) in [7, 11) is -3.16. The molecule has 0 saturated carbocycles. The van der Waals surface area contributed by atoms with Crippen molar-refractivity contribution in [2.45, 2.75) is 38.6 Å². The molecule has 0 aliphatic heterocycles. The summed E-state index contributed by atoms with van der Waals surface area (Å²) in [5, 5.41) is 3.12. The van der Waals surface area contributed by atoms with Gasteiger partial charge in [0.1, 0.15) is 0 Å². The molecule has 0 unspecified atom stereocenters. The van der Waals surface area contributed by atoms with Gasteiger partial charge in [0.05, 0.1) is 10.6 Å². The molecule has 1 aromatic rings. The molecule has 0 heterocycles. The molecule has 1 rings (SSSR count). The van der Waals surface area contributed by atoms with Gasteiger partial charge in [-0.05, 0) is 37.1 Å². The van der Waals surface area contributed by atoms with Crippen LogP contribution in [0.4, 0.5) is 0 Å². The largest absolute Gasteiger partial charge is 0.314 e. The van der Waals surface area contributed by atoms with Gasteiger partial charge >= 0.3 is 0 Å². The fourth-order valence-electron chi connectivity index (χ4n) is 1.51. The molecule has 4 heteroatoms. The van der Waals surface area contributed by atoms with E-state index in [0.717, 1.165) is 11.1 Å². The number of benzene rings is 1. The van der Waals surface area contributed by atoms with Crippen molar-refractivity contribution in [2.75, 3.05) is 12.3 Å². The Bertz CT molecular complexity index is 478. The van der Waals surface area contributed by atoms with E-state index in [1.165, 1.54) is 0 Å². The molecule has 1 N–H and O–H groups in total. The van der Waals surface area contributed by atoms with Crippen LogP contribution in [0.15, 0.2) is 23.1 Å². The third-order valence-electron chi connectivity index (χ3n) is 2.76. The van der Waals surface area contributed by atoms with Crippen molar-refractivity contribution in [1.29, 1.82) is 0 Å². The number of hydrogen-bond acceptors (Lipinski definition) is 3. The molecule has 0 fully saturated rings. The molecular weight excluding hydrogens is 234 g/mol. The zero-order chi connectivity index (χ0) is 13.1. The Balaban J connectivity index is 2.79. The summed E-state index contributed by atoms with van der Waals surface area (Å²) in [6, 6.07) is 5.61. The van der Waals surface area contributed by atoms with E-state index in [1.54, 1.807) is 12.1 Å². The van der Waals surface area contributed by atoms with Gasteiger partial charge in [-0.25, -0.2) is 8.42 Å². The van der Waals surface area contributed by atoms with Crippen LogP contribution in [0.1, 0.15) is 25.0 Å². The minimum atomic E-state index is -3.16. The van der Waals surface area contributed by atoms with Crippen LogP contribution in [-0.4, -0.2) is 26.8 Å². The van der Waals surface area contributed by atoms with Gasteiger partial charge in [0.25, 0.3) is 0 Å². The fourth-order valence-corrected chi connectivity index (χ4v) is 2.76. The van der Waals surface area contributed by atoms with E-state index in [2.05, 4.69) is 5.32 Å². The van der Waals surface area contributed by atoms with Crippen LogP contribution in [-0.2, 0) is 9.84 Å². The zero-order valence-electron chi connectivity index (χ0n) is 10.9. The summed E-state index contributed by atoms with van der Waals surface area (Å²) in [4.78, 5) is 0.422. The summed E-state index contributed by atoms with van der Waals surface area (Å²) in [6.07, 6.45) is 0. The van der Waals surface area contributed by atoms with Crippen LogP contribution in [0.3, 0.4) is 0 Å². The predicted octanol–water partition coefficient (Wildman–Crippen LogP) is 2.08. The Hall–Kier alpha value is -0.870. The SMILES string of the molecule is Cc1ccc(S(=O)(=O)CCNC(C)C)cc1C. The summed E-state index contributed by atoms with van der Waals surface area (Å²) in [5.41, 5.74) is 2.13. The van der Waals surface area contributed by atoms with E-state index >= 15 is 0 Å². The van der Waals surface area contributed by atoms with Crippen molar-refractivity contribution < 1.29 is 8.42 Å². The fraction of sp³-hybridized carbons (Fsp3) is 0.538. The van der Waals surface area contributed by atoms with Crippen LogP contribution in [0.2, 0.25) is 0 Å². The minimum absolute atomic E-state index is 0.147. The molecule has 0 saturated heterocycles. The molecule has 0 aliphatic rings. The average Bonchev–Trinajstić information content (AvgIpc) is 2.21. The van der Waals surface area contributed by atoms with E-state index in [9.17, 15) is 8.42 Å². The maximum atomic E-state index is 12.0. The van der Waals surface area contributed by atoms with Crippen molar-refractivity contribution >= 4 is 9.84 Å². The van der Waals surface area contributed by atoms with E-state index < -0.39 is 9.84 Å². The molecule has 0 radical (unpaired) electrons. The molecule has 0 aliphatic carbocycles. The van der Waals surface area contributed by atoms with Crippen LogP contribution in [0.5, 0.6) is 0 Å². The average molecular weight is 255 g/mol. The van der Waals surface area contributed by atoms with Gasteiger partial charge in [-0.2, -0.15) is 0 Å². The van der Waals surface area contributed by atoms with E-state index in [1.807, 2.05) is 33.8 Å². The number of aryl methyl sites for hydroxylation is 2. The zero-order valence-corrected chi connectivity index (χ0v) is 11.8. The van der Waals surface area contributed by atoms with E-state index in [-0.39, 0.29) is 5.75 Å². The van der Waals surface area contributed by atoms with Crippen LogP contribution >= 0.6 is 0 Å². The first-order valence-corrected chi connectivity index (χ1v) is 7.51. The van der Waals surface area contributed by atoms with Gasteiger partial charge in [0.2, 0.25) is 0 Å². The second-order valence-corrected chi connectivity index (χ2v) is 6.78. The van der Waals surface area contributed by atoms with Crippen molar-refractivity contribution in [3.05, 3.63) is 29.3 Å². The second kappa shape index (κ2) is 5.65. The molecule has 1 aromatic carbocycles. The highest BCUT2D eigenvalue weighted by Gasteiger charge is 2.14. The quantitative estimate of drug-likeness (QED) is 0.876. The number of rotatable bonds is 5.